The van der Waals surface area contributed by atoms with Gasteiger partial charge in [0.2, 0.25) is 35.4 Å². The first kappa shape index (κ1) is 78.7. The van der Waals surface area contributed by atoms with Gasteiger partial charge in [-0.3, -0.25) is 33.3 Å². The first-order valence-corrected chi connectivity index (χ1v) is 35.0. The van der Waals surface area contributed by atoms with Gasteiger partial charge in [0, 0.05) is 55.5 Å². The highest BCUT2D eigenvalue weighted by Gasteiger charge is 2.38. The van der Waals surface area contributed by atoms with Gasteiger partial charge in [0.15, 0.2) is 0 Å². The molecule has 27 heteroatoms. The van der Waals surface area contributed by atoms with E-state index in [9.17, 15) is 33.9 Å². The third-order valence-corrected chi connectivity index (χ3v) is 16.7. The average molecular weight is 1370 g/mol. The number of alkyl carbamates (subject to hydrolysis) is 2. The van der Waals surface area contributed by atoms with Crippen LogP contribution in [0.5, 0.6) is 5.75 Å². The maximum Gasteiger partial charge on any atom is 0.419 e. The second-order valence-electron chi connectivity index (χ2n) is 27.6. The van der Waals surface area contributed by atoms with Crippen molar-refractivity contribution in [3.05, 3.63) is 102 Å². The van der Waals surface area contributed by atoms with Gasteiger partial charge in [-0.05, 0) is 129 Å². The molecule has 4 aromatic rings. The molecule has 1 aromatic heterocycles. The number of para-hydroxylation sites is 1. The van der Waals surface area contributed by atoms with E-state index >= 15 is 19.2 Å². The van der Waals surface area contributed by atoms with Crippen LogP contribution in [0.15, 0.2) is 85.1 Å². The Balaban J connectivity index is 1.69. The van der Waals surface area contributed by atoms with Crippen molar-refractivity contribution in [3.8, 4) is 5.75 Å². The monoisotopic (exact) mass is 1370 g/mol. The van der Waals surface area contributed by atoms with Crippen LogP contribution in [0.25, 0.3) is 10.9 Å². The van der Waals surface area contributed by atoms with Crippen LogP contribution in [0.2, 0.25) is 0 Å². The molecule has 1 aliphatic rings. The van der Waals surface area contributed by atoms with E-state index in [1.165, 1.54) is 17.7 Å². The molecule has 8 atom stereocenters. The molecule has 0 bridgehead atoms. The molecule has 0 saturated carbocycles. The van der Waals surface area contributed by atoms with E-state index in [2.05, 4.69) is 42.5 Å². The van der Waals surface area contributed by atoms with E-state index in [1.807, 2.05) is 27.7 Å². The van der Waals surface area contributed by atoms with Crippen molar-refractivity contribution < 1.29 is 76.7 Å². The molecule has 2 heterocycles. The first-order chi connectivity index (χ1) is 45.0. The van der Waals surface area contributed by atoms with E-state index in [4.69, 9.17) is 23.7 Å². The topological polar surface area (TPSA) is 338 Å². The largest absolute Gasteiger partial charge is 0.493 e. The lowest BCUT2D eigenvalue weighted by Gasteiger charge is -2.30. The van der Waals surface area contributed by atoms with Crippen LogP contribution < -0.4 is 47.3 Å². The minimum atomic E-state index is -1.61. The molecule has 5 rings (SSSR count). The number of amides is 8. The van der Waals surface area contributed by atoms with Gasteiger partial charge in [0.05, 0.1) is 18.2 Å². The van der Waals surface area contributed by atoms with Crippen molar-refractivity contribution in [2.75, 3.05) is 31.3 Å². The van der Waals surface area contributed by atoms with Gasteiger partial charge in [-0.25, -0.2) is 19.2 Å². The van der Waals surface area contributed by atoms with E-state index in [1.54, 1.807) is 141 Å². The van der Waals surface area contributed by atoms with Gasteiger partial charge in [-0.15, -0.1) is 0 Å². The molecule has 3 aromatic carbocycles. The second-order valence-corrected chi connectivity index (χ2v) is 30.1. The van der Waals surface area contributed by atoms with Gasteiger partial charge in [-0.2, -0.15) is 0 Å². The molecule has 528 valence electrons. The number of fused-ring (bicyclic) bond motifs is 1. The molecule has 0 radical (unpaired) electrons. The summed E-state index contributed by atoms with van der Waals surface area (Å²) in [5, 5.41) is 33.1. The van der Waals surface area contributed by atoms with Gasteiger partial charge < -0.3 is 71.3 Å². The number of carboxylic acids is 1. The summed E-state index contributed by atoms with van der Waals surface area (Å²) in [5.74, 6) is -6.68. The van der Waals surface area contributed by atoms with Gasteiger partial charge >= 0.3 is 24.2 Å². The van der Waals surface area contributed by atoms with Crippen LogP contribution in [-0.2, 0) is 71.8 Å². The second kappa shape index (κ2) is 36.9. The van der Waals surface area contributed by atoms with Gasteiger partial charge in [0.1, 0.15) is 64.8 Å². The lowest BCUT2D eigenvalue weighted by Crippen LogP contribution is -2.62. The zero-order valence-electron chi connectivity index (χ0n) is 57.7. The molecule has 1 fully saturated rings. The lowest BCUT2D eigenvalue weighted by atomic mass is 10.0. The van der Waals surface area contributed by atoms with E-state index in [0.29, 0.717) is 52.8 Å². The number of hydrogen-bond donors (Lipinski definition) is 9. The van der Waals surface area contributed by atoms with Crippen molar-refractivity contribution in [2.24, 2.45) is 11.8 Å². The Kier molecular flexibility index (Phi) is 30.2. The number of aromatic nitrogens is 1. The normalized spacial score (nSPS) is 19.7. The maximum atomic E-state index is 15.5. The smallest absolute Gasteiger partial charge is 0.419 e. The van der Waals surface area contributed by atoms with Crippen molar-refractivity contribution >= 4 is 92.2 Å². The highest BCUT2D eigenvalue weighted by Crippen LogP contribution is 2.27. The summed E-state index contributed by atoms with van der Waals surface area (Å²) >= 11 is 0. The fraction of sp³-hybridized carbons (Fsp3) is 0.565. The van der Waals surface area contributed by atoms with Crippen molar-refractivity contribution in [1.29, 1.82) is 0 Å². The van der Waals surface area contributed by atoms with E-state index < -0.39 is 125 Å². The number of benzene rings is 3. The van der Waals surface area contributed by atoms with E-state index in [-0.39, 0.29) is 68.6 Å². The van der Waals surface area contributed by atoms with Gasteiger partial charge in [0.25, 0.3) is 0 Å². The predicted molar refractivity (Wildman–Crippen MR) is 368 cm³/mol. The number of carboxylic acid groups (broad SMARTS) is 1. The van der Waals surface area contributed by atoms with Crippen LogP contribution in [0, 0.1) is 11.8 Å². The lowest BCUT2D eigenvalue weighted by molar-refractivity contribution is -0.143. The minimum absolute atomic E-state index is 0.0398. The molecule has 0 aliphatic carbocycles. The highest BCUT2D eigenvalue weighted by molar-refractivity contribution is 8.76. The Bertz CT molecular complexity index is 3270. The zero-order valence-corrected chi connectivity index (χ0v) is 59.3. The van der Waals surface area contributed by atoms with Crippen molar-refractivity contribution in [1.82, 2.24) is 47.1 Å². The molecule has 9 N–H and O–H groups in total. The Morgan fingerprint density at radius 1 is 0.604 bits per heavy atom. The molecule has 1 saturated heterocycles. The third-order valence-electron chi connectivity index (χ3n) is 14.3. The number of nitrogens with one attached hydrogen (secondary N) is 8. The predicted octanol–water partition coefficient (Wildman–Crippen LogP) is 7.92. The summed E-state index contributed by atoms with van der Waals surface area (Å²) in [6.07, 6.45) is -1.43. The molecule has 8 amide bonds. The Morgan fingerprint density at radius 2 is 1.18 bits per heavy atom. The minimum Gasteiger partial charge on any atom is -0.493 e. The standard InChI is InChI=1S/C69H99N9O16S2/c1-41(2)37-90-43(5)56-62(84)75-54(63(85)86)40-96-95-39-53(74-59(81)51(33-44-23-17-15-18-24-44)76-65(88)93-68(9,10)11)61(83)72-50(34-45-28-30-47(31-29-45)91-38-42(3)4)58(80)73-52(35-46-36-78(66(89)94-69(12,13)14)55-27-21-20-25-48(46)55)60(82)71-49(57(79)77-56)26-19-16-22-32-70-64(87)92-67(6,7)8/h15,17-18,20-21,23-25,27-31,36,41-43,49-54,56H,16,19,22,26,32-35,37-40H2,1-14H3,(H,70,87)(H,71,82)(H,72,83)(H,73,80)(H,74,81)(H,75,84)(H,76,88)(H,77,79)(H,85,86)/t43-,49+,50+,51-,52-,53+,54+,56+/m1/s1. The summed E-state index contributed by atoms with van der Waals surface area (Å²) in [5.41, 5.74) is -0.669. The number of hydrogen-bond acceptors (Lipinski definition) is 17. The Hall–Kier alpha value is -8.04. The number of carbonyl (C=O) groups excluding carboxylic acids is 9. The van der Waals surface area contributed by atoms with Crippen molar-refractivity contribution in [2.45, 2.75) is 207 Å². The fourth-order valence-electron chi connectivity index (χ4n) is 9.70. The number of ether oxygens (including phenoxy) is 5. The SMILES string of the molecule is CC(C)COc1ccc(C[C@@H]2NC(=O)[C@@H](NC(=O)[C@@H](Cc3ccccc3)NC(=O)OC(C)(C)C)CSSC[C@@H](C(=O)O)NC(=O)[C@H]([C@@H](C)OCC(C)C)NC(=O)[C@H](CCCCCNC(=O)OC(C)(C)C)NC(=O)[C@@H](Cc3cn(C(=O)OC(C)(C)C)c4ccccc34)NC2=O)cc1. The van der Waals surface area contributed by atoms with Crippen molar-refractivity contribution in [3.63, 3.8) is 0 Å². The average Bonchev–Trinajstić information content (AvgIpc) is 1.56. The number of carbonyl (C=O) groups is 10. The van der Waals surface area contributed by atoms with Crippen LogP contribution in [0.4, 0.5) is 14.4 Å². The maximum absolute atomic E-state index is 15.5. The molecule has 96 heavy (non-hydrogen) atoms. The van der Waals surface area contributed by atoms with Crippen LogP contribution in [-0.4, -0.2) is 166 Å². The molecule has 25 nitrogen and oxygen atoms in total. The summed E-state index contributed by atoms with van der Waals surface area (Å²) < 4.78 is 30.1. The molecular weight excluding hydrogens is 1270 g/mol. The third kappa shape index (κ3) is 27.6. The number of nitrogens with zero attached hydrogens (tertiary/aromatic N) is 1. The molecule has 0 unspecified atom stereocenters. The van der Waals surface area contributed by atoms with Crippen LogP contribution in [0.3, 0.4) is 0 Å². The summed E-state index contributed by atoms with van der Waals surface area (Å²) in [6, 6.07) is 11.9. The van der Waals surface area contributed by atoms with Gasteiger partial charge in [-0.1, -0.05) is 123 Å². The number of unbranched alkanes of at least 4 members (excludes halogenated alkanes) is 2. The summed E-state index contributed by atoms with van der Waals surface area (Å²) in [4.78, 5) is 143. The zero-order chi connectivity index (χ0) is 71.1. The number of rotatable bonds is 23. The Labute approximate surface area is 571 Å². The van der Waals surface area contributed by atoms with Crippen LogP contribution in [0.1, 0.15) is 139 Å². The first-order valence-electron chi connectivity index (χ1n) is 32.5. The quantitative estimate of drug-likeness (QED) is 0.0193. The van der Waals surface area contributed by atoms with Crippen LogP contribution >= 0.6 is 21.6 Å². The molecular formula is C69H99N9O16S2. The molecule has 0 spiro atoms. The summed E-state index contributed by atoms with van der Waals surface area (Å²) in [7, 11) is 1.91. The number of aliphatic carboxylic acids is 1. The Morgan fingerprint density at radius 3 is 1.80 bits per heavy atom. The highest BCUT2D eigenvalue weighted by atomic mass is 33.1. The fourth-order valence-corrected chi connectivity index (χ4v) is 12.0. The molecule has 1 aliphatic heterocycles. The summed E-state index contributed by atoms with van der Waals surface area (Å²) in [6.45, 7) is 25.3. The van der Waals surface area contributed by atoms with E-state index in [0.717, 1.165) is 21.6 Å².